The zero-order valence-electron chi connectivity index (χ0n) is 10.9. The number of carbonyl (C=O) groups is 1. The molecule has 3 nitrogen and oxygen atoms in total. The lowest BCUT2D eigenvalue weighted by atomic mass is 10.0. The van der Waals surface area contributed by atoms with Crippen molar-refractivity contribution in [1.29, 1.82) is 0 Å². The zero-order chi connectivity index (χ0) is 12.5. The summed E-state index contributed by atoms with van der Waals surface area (Å²) in [5.74, 6) is 0.165. The Morgan fingerprint density at radius 2 is 2.17 bits per heavy atom. The minimum Gasteiger partial charge on any atom is -0.337 e. The Morgan fingerprint density at radius 3 is 2.94 bits per heavy atom. The fraction of sp³-hybridized carbons (Fsp3) is 0.533. The molecule has 1 saturated heterocycles. The fourth-order valence-corrected chi connectivity index (χ4v) is 3.04. The van der Waals surface area contributed by atoms with E-state index in [4.69, 9.17) is 0 Å². The normalized spacial score (nSPS) is 21.9. The SMILES string of the molecule is CN(C(=O)c1ccc2c(c1)CCC2)C1CCNC1. The molecule has 1 aliphatic heterocycles. The van der Waals surface area contributed by atoms with Gasteiger partial charge in [-0.3, -0.25) is 4.79 Å². The number of hydrogen-bond acceptors (Lipinski definition) is 2. The van der Waals surface area contributed by atoms with Crippen LogP contribution in [0.2, 0.25) is 0 Å². The van der Waals surface area contributed by atoms with Crippen LogP contribution in [0.3, 0.4) is 0 Å². The molecule has 2 aliphatic rings. The van der Waals surface area contributed by atoms with E-state index in [9.17, 15) is 4.79 Å². The first-order valence-electron chi connectivity index (χ1n) is 6.85. The third-order valence-corrected chi connectivity index (χ3v) is 4.25. The van der Waals surface area contributed by atoms with E-state index < -0.39 is 0 Å². The van der Waals surface area contributed by atoms with Gasteiger partial charge in [-0.2, -0.15) is 0 Å². The summed E-state index contributed by atoms with van der Waals surface area (Å²) in [6.07, 6.45) is 4.60. The number of amides is 1. The van der Waals surface area contributed by atoms with Gasteiger partial charge < -0.3 is 10.2 Å². The van der Waals surface area contributed by atoms with Crippen molar-refractivity contribution in [2.75, 3.05) is 20.1 Å². The first-order valence-corrected chi connectivity index (χ1v) is 6.85. The van der Waals surface area contributed by atoms with Crippen LogP contribution in [0, 0.1) is 0 Å². The number of fused-ring (bicyclic) bond motifs is 1. The number of benzene rings is 1. The van der Waals surface area contributed by atoms with Crippen LogP contribution >= 0.6 is 0 Å². The van der Waals surface area contributed by atoms with Crippen molar-refractivity contribution >= 4 is 5.91 Å². The Morgan fingerprint density at radius 1 is 1.33 bits per heavy atom. The van der Waals surface area contributed by atoms with Crippen molar-refractivity contribution in [2.45, 2.75) is 31.7 Å². The van der Waals surface area contributed by atoms with Crippen molar-refractivity contribution in [3.63, 3.8) is 0 Å². The molecule has 3 heteroatoms. The average molecular weight is 244 g/mol. The smallest absolute Gasteiger partial charge is 0.253 e. The van der Waals surface area contributed by atoms with Gasteiger partial charge in [-0.25, -0.2) is 0 Å². The largest absolute Gasteiger partial charge is 0.337 e. The molecule has 1 amide bonds. The lowest BCUT2D eigenvalue weighted by Crippen LogP contribution is -2.38. The van der Waals surface area contributed by atoms with Gasteiger partial charge in [-0.05, 0) is 55.5 Å². The van der Waals surface area contributed by atoms with Gasteiger partial charge in [0.05, 0.1) is 0 Å². The van der Waals surface area contributed by atoms with Crippen LogP contribution in [0.5, 0.6) is 0 Å². The second kappa shape index (κ2) is 4.73. The molecule has 96 valence electrons. The van der Waals surface area contributed by atoms with Crippen molar-refractivity contribution in [3.8, 4) is 0 Å². The van der Waals surface area contributed by atoms with Crippen LogP contribution in [0.1, 0.15) is 34.3 Å². The number of nitrogens with zero attached hydrogens (tertiary/aromatic N) is 1. The summed E-state index contributed by atoms with van der Waals surface area (Å²) >= 11 is 0. The monoisotopic (exact) mass is 244 g/mol. The highest BCUT2D eigenvalue weighted by Crippen LogP contribution is 2.23. The molecule has 1 N–H and O–H groups in total. The highest BCUT2D eigenvalue weighted by Gasteiger charge is 2.24. The number of hydrogen-bond donors (Lipinski definition) is 1. The summed E-state index contributed by atoms with van der Waals surface area (Å²) in [5, 5.41) is 3.31. The summed E-state index contributed by atoms with van der Waals surface area (Å²) in [5.41, 5.74) is 3.65. The molecular weight excluding hydrogens is 224 g/mol. The molecule has 1 aliphatic carbocycles. The molecule has 1 atom stereocenters. The van der Waals surface area contributed by atoms with Gasteiger partial charge in [0.15, 0.2) is 0 Å². The summed E-state index contributed by atoms with van der Waals surface area (Å²) in [6.45, 7) is 1.94. The number of nitrogens with one attached hydrogen (secondary N) is 1. The molecule has 1 unspecified atom stereocenters. The summed E-state index contributed by atoms with van der Waals surface area (Å²) in [7, 11) is 1.92. The second-order valence-electron chi connectivity index (χ2n) is 5.40. The molecule has 0 bridgehead atoms. The van der Waals surface area contributed by atoms with Gasteiger partial charge in [-0.1, -0.05) is 6.07 Å². The molecule has 18 heavy (non-hydrogen) atoms. The second-order valence-corrected chi connectivity index (χ2v) is 5.40. The van der Waals surface area contributed by atoms with Gasteiger partial charge in [-0.15, -0.1) is 0 Å². The molecule has 0 saturated carbocycles. The Labute approximate surface area is 108 Å². The van der Waals surface area contributed by atoms with E-state index >= 15 is 0 Å². The Kier molecular flexibility index (Phi) is 3.08. The Hall–Kier alpha value is -1.35. The van der Waals surface area contributed by atoms with E-state index in [-0.39, 0.29) is 5.91 Å². The molecule has 1 aromatic carbocycles. The summed E-state index contributed by atoms with van der Waals surface area (Å²) in [6, 6.07) is 6.58. The third-order valence-electron chi connectivity index (χ3n) is 4.25. The van der Waals surface area contributed by atoms with E-state index in [2.05, 4.69) is 17.4 Å². The van der Waals surface area contributed by atoms with Crippen molar-refractivity contribution in [1.82, 2.24) is 10.2 Å². The average Bonchev–Trinajstić information content (AvgIpc) is 3.06. The van der Waals surface area contributed by atoms with E-state index in [1.165, 1.54) is 24.0 Å². The van der Waals surface area contributed by atoms with E-state index in [1.807, 2.05) is 18.0 Å². The predicted octanol–water partition coefficient (Wildman–Crippen LogP) is 1.61. The van der Waals surface area contributed by atoms with Gasteiger partial charge in [0, 0.05) is 25.2 Å². The predicted molar refractivity (Wildman–Crippen MR) is 71.8 cm³/mol. The van der Waals surface area contributed by atoms with Crippen molar-refractivity contribution in [3.05, 3.63) is 34.9 Å². The summed E-state index contributed by atoms with van der Waals surface area (Å²) in [4.78, 5) is 14.3. The molecule has 1 heterocycles. The van der Waals surface area contributed by atoms with E-state index in [0.717, 1.165) is 31.5 Å². The number of carbonyl (C=O) groups excluding carboxylic acids is 1. The Bertz CT molecular complexity index is 464. The maximum absolute atomic E-state index is 12.4. The quantitative estimate of drug-likeness (QED) is 0.857. The first-order chi connectivity index (χ1) is 8.75. The van der Waals surface area contributed by atoms with Crippen LogP contribution in [-0.2, 0) is 12.8 Å². The van der Waals surface area contributed by atoms with E-state index in [0.29, 0.717) is 6.04 Å². The van der Waals surface area contributed by atoms with Crippen molar-refractivity contribution < 1.29 is 4.79 Å². The van der Waals surface area contributed by atoms with Crippen LogP contribution in [-0.4, -0.2) is 37.0 Å². The van der Waals surface area contributed by atoms with Crippen LogP contribution in [0.25, 0.3) is 0 Å². The molecule has 1 fully saturated rings. The lowest BCUT2D eigenvalue weighted by molar-refractivity contribution is 0.0743. The molecule has 0 aromatic heterocycles. The topological polar surface area (TPSA) is 32.3 Å². The highest BCUT2D eigenvalue weighted by atomic mass is 16.2. The van der Waals surface area contributed by atoms with Gasteiger partial charge in [0.1, 0.15) is 0 Å². The number of aryl methyl sites for hydroxylation is 2. The lowest BCUT2D eigenvalue weighted by Gasteiger charge is -2.24. The minimum absolute atomic E-state index is 0.165. The van der Waals surface area contributed by atoms with Gasteiger partial charge in [0.25, 0.3) is 5.91 Å². The molecule has 0 radical (unpaired) electrons. The van der Waals surface area contributed by atoms with Crippen molar-refractivity contribution in [2.24, 2.45) is 0 Å². The van der Waals surface area contributed by atoms with E-state index in [1.54, 1.807) is 0 Å². The fourth-order valence-electron chi connectivity index (χ4n) is 3.04. The van der Waals surface area contributed by atoms with Gasteiger partial charge >= 0.3 is 0 Å². The molecular formula is C15H20N2O. The van der Waals surface area contributed by atoms with Crippen LogP contribution in [0.4, 0.5) is 0 Å². The molecule has 1 aromatic rings. The highest BCUT2D eigenvalue weighted by molar-refractivity contribution is 5.94. The summed E-state index contributed by atoms with van der Waals surface area (Å²) < 4.78 is 0. The minimum atomic E-state index is 0.165. The van der Waals surface area contributed by atoms with Crippen LogP contribution in [0.15, 0.2) is 18.2 Å². The molecule has 0 spiro atoms. The van der Waals surface area contributed by atoms with Crippen LogP contribution < -0.4 is 5.32 Å². The third kappa shape index (κ3) is 2.03. The maximum Gasteiger partial charge on any atom is 0.253 e. The first kappa shape index (κ1) is 11.7. The van der Waals surface area contributed by atoms with Gasteiger partial charge in [0.2, 0.25) is 0 Å². The number of rotatable bonds is 2. The molecule has 3 rings (SSSR count). The zero-order valence-corrected chi connectivity index (χ0v) is 10.9. The Balaban J connectivity index is 1.79. The number of likely N-dealkylation sites (N-methyl/N-ethyl adjacent to an activating group) is 1. The standard InChI is InChI=1S/C15H20N2O/c1-17(14-7-8-16-10-14)15(18)13-6-5-11-3-2-4-12(11)9-13/h5-6,9,14,16H,2-4,7-8,10H2,1H3. The maximum atomic E-state index is 12.4.